The number of ether oxygens (including phenoxy) is 1. The van der Waals surface area contributed by atoms with Gasteiger partial charge in [0.2, 0.25) is 5.82 Å². The molecule has 0 bridgehead atoms. The van der Waals surface area contributed by atoms with Crippen molar-refractivity contribution in [1.82, 2.24) is 9.38 Å². The van der Waals surface area contributed by atoms with Crippen molar-refractivity contribution in [2.45, 2.75) is 13.8 Å². The number of hydrogen-bond acceptors (Lipinski definition) is 3. The number of pyridine rings is 1. The molecule has 0 fully saturated rings. The minimum absolute atomic E-state index is 0.338. The van der Waals surface area contributed by atoms with Crippen LogP contribution in [0.25, 0.3) is 5.52 Å². The fourth-order valence-electron chi connectivity index (χ4n) is 1.55. The third-order valence-corrected chi connectivity index (χ3v) is 2.20. The molecule has 4 nitrogen and oxygen atoms in total. The summed E-state index contributed by atoms with van der Waals surface area (Å²) in [4.78, 5) is 15.6. The van der Waals surface area contributed by atoms with Crippen molar-refractivity contribution >= 4 is 11.5 Å². The van der Waals surface area contributed by atoms with Gasteiger partial charge in [-0.05, 0) is 26.0 Å². The van der Waals surface area contributed by atoms with Crippen LogP contribution in [-0.4, -0.2) is 22.0 Å². The smallest absolute Gasteiger partial charge is 0.374 e. The molecule has 2 aromatic rings. The zero-order chi connectivity index (χ0) is 10.8. The first kappa shape index (κ1) is 9.71. The SMILES string of the molecule is CCOC(=O)c1ncc2cccc(C)n12. The van der Waals surface area contributed by atoms with Crippen molar-refractivity contribution in [3.05, 3.63) is 35.9 Å². The summed E-state index contributed by atoms with van der Waals surface area (Å²) >= 11 is 0. The third kappa shape index (κ3) is 1.58. The molecule has 0 N–H and O–H groups in total. The number of aromatic nitrogens is 2. The molecule has 0 radical (unpaired) electrons. The van der Waals surface area contributed by atoms with E-state index < -0.39 is 0 Å². The molecule has 78 valence electrons. The predicted molar refractivity (Wildman–Crippen MR) is 55.9 cm³/mol. The van der Waals surface area contributed by atoms with Gasteiger partial charge < -0.3 is 4.74 Å². The van der Waals surface area contributed by atoms with E-state index in [1.165, 1.54) is 0 Å². The summed E-state index contributed by atoms with van der Waals surface area (Å²) in [6, 6.07) is 5.77. The van der Waals surface area contributed by atoms with Crippen molar-refractivity contribution in [2.24, 2.45) is 0 Å². The maximum atomic E-state index is 11.6. The third-order valence-electron chi connectivity index (χ3n) is 2.20. The Hall–Kier alpha value is -1.84. The van der Waals surface area contributed by atoms with E-state index in [1.54, 1.807) is 17.5 Å². The Morgan fingerprint density at radius 1 is 1.53 bits per heavy atom. The number of carbonyl (C=O) groups excluding carboxylic acids is 1. The van der Waals surface area contributed by atoms with Gasteiger partial charge >= 0.3 is 5.97 Å². The Bertz CT molecular complexity index is 502. The quantitative estimate of drug-likeness (QED) is 0.701. The molecule has 0 saturated heterocycles. The Morgan fingerprint density at radius 2 is 2.33 bits per heavy atom. The molecular formula is C11H12N2O2. The molecule has 0 aliphatic carbocycles. The second-order valence-electron chi connectivity index (χ2n) is 3.23. The summed E-state index contributed by atoms with van der Waals surface area (Å²) in [6.07, 6.45) is 1.67. The Balaban J connectivity index is 2.57. The van der Waals surface area contributed by atoms with Crippen LogP contribution in [0.1, 0.15) is 23.2 Å². The molecule has 2 aromatic heterocycles. The fraction of sp³-hybridized carbons (Fsp3) is 0.273. The van der Waals surface area contributed by atoms with E-state index in [2.05, 4.69) is 4.98 Å². The number of carbonyl (C=O) groups is 1. The maximum Gasteiger partial charge on any atom is 0.374 e. The van der Waals surface area contributed by atoms with E-state index in [1.807, 2.05) is 25.1 Å². The average molecular weight is 204 g/mol. The van der Waals surface area contributed by atoms with Crippen LogP contribution in [-0.2, 0) is 4.74 Å². The second-order valence-corrected chi connectivity index (χ2v) is 3.23. The first-order valence-electron chi connectivity index (χ1n) is 4.84. The summed E-state index contributed by atoms with van der Waals surface area (Å²) in [6.45, 7) is 4.07. The molecule has 2 heterocycles. The highest BCUT2D eigenvalue weighted by Crippen LogP contribution is 2.11. The number of aryl methyl sites for hydroxylation is 1. The van der Waals surface area contributed by atoms with Crippen LogP contribution < -0.4 is 0 Å². The van der Waals surface area contributed by atoms with Crippen molar-refractivity contribution < 1.29 is 9.53 Å². The van der Waals surface area contributed by atoms with Crippen LogP contribution in [0.4, 0.5) is 0 Å². The lowest BCUT2D eigenvalue weighted by atomic mass is 10.3. The lowest BCUT2D eigenvalue weighted by Gasteiger charge is -2.03. The molecule has 0 spiro atoms. The van der Waals surface area contributed by atoms with Crippen molar-refractivity contribution in [2.75, 3.05) is 6.61 Å². The highest BCUT2D eigenvalue weighted by Gasteiger charge is 2.14. The Morgan fingerprint density at radius 3 is 3.07 bits per heavy atom. The summed E-state index contributed by atoms with van der Waals surface area (Å²) < 4.78 is 6.72. The highest BCUT2D eigenvalue weighted by atomic mass is 16.5. The largest absolute Gasteiger partial charge is 0.460 e. The number of imidazole rings is 1. The van der Waals surface area contributed by atoms with Gasteiger partial charge in [-0.25, -0.2) is 9.78 Å². The number of fused-ring (bicyclic) bond motifs is 1. The van der Waals surface area contributed by atoms with Gasteiger partial charge in [0.25, 0.3) is 0 Å². The fourth-order valence-corrected chi connectivity index (χ4v) is 1.55. The number of hydrogen-bond donors (Lipinski definition) is 0. The zero-order valence-corrected chi connectivity index (χ0v) is 8.73. The minimum atomic E-state index is -0.383. The van der Waals surface area contributed by atoms with E-state index in [0.29, 0.717) is 12.4 Å². The first-order chi connectivity index (χ1) is 7.24. The van der Waals surface area contributed by atoms with Crippen LogP contribution in [0.2, 0.25) is 0 Å². The van der Waals surface area contributed by atoms with E-state index in [4.69, 9.17) is 4.74 Å². The van der Waals surface area contributed by atoms with Gasteiger partial charge in [0.05, 0.1) is 18.3 Å². The number of nitrogens with zero attached hydrogens (tertiary/aromatic N) is 2. The summed E-state index contributed by atoms with van der Waals surface area (Å²) in [5.74, 6) is -0.0447. The minimum Gasteiger partial charge on any atom is -0.460 e. The van der Waals surface area contributed by atoms with Crippen molar-refractivity contribution in [3.63, 3.8) is 0 Å². The molecule has 2 rings (SSSR count). The average Bonchev–Trinajstić information content (AvgIpc) is 2.63. The van der Waals surface area contributed by atoms with Gasteiger partial charge in [-0.3, -0.25) is 4.40 Å². The van der Waals surface area contributed by atoms with E-state index in [0.717, 1.165) is 11.2 Å². The molecule has 0 unspecified atom stereocenters. The molecule has 0 aliphatic heterocycles. The lowest BCUT2D eigenvalue weighted by molar-refractivity contribution is 0.0511. The van der Waals surface area contributed by atoms with Crippen molar-refractivity contribution in [3.8, 4) is 0 Å². The lowest BCUT2D eigenvalue weighted by Crippen LogP contribution is -2.10. The van der Waals surface area contributed by atoms with E-state index in [-0.39, 0.29) is 5.97 Å². The van der Waals surface area contributed by atoms with Crippen LogP contribution in [0.3, 0.4) is 0 Å². The molecule has 0 saturated carbocycles. The second kappa shape index (κ2) is 3.73. The number of esters is 1. The normalized spacial score (nSPS) is 10.5. The topological polar surface area (TPSA) is 43.6 Å². The molecule has 4 heteroatoms. The molecule has 0 amide bonds. The van der Waals surface area contributed by atoms with E-state index in [9.17, 15) is 4.79 Å². The number of rotatable bonds is 2. The van der Waals surface area contributed by atoms with Crippen LogP contribution in [0, 0.1) is 6.92 Å². The Labute approximate surface area is 87.5 Å². The Kier molecular flexibility index (Phi) is 2.41. The monoisotopic (exact) mass is 204 g/mol. The molecule has 0 atom stereocenters. The molecule has 15 heavy (non-hydrogen) atoms. The van der Waals surface area contributed by atoms with Crippen LogP contribution >= 0.6 is 0 Å². The molecule has 0 aliphatic rings. The zero-order valence-electron chi connectivity index (χ0n) is 8.73. The maximum absolute atomic E-state index is 11.6. The molecular weight excluding hydrogens is 192 g/mol. The first-order valence-corrected chi connectivity index (χ1v) is 4.84. The summed E-state index contributed by atoms with van der Waals surface area (Å²) in [7, 11) is 0. The highest BCUT2D eigenvalue weighted by molar-refractivity contribution is 5.87. The summed E-state index contributed by atoms with van der Waals surface area (Å²) in [5, 5.41) is 0. The van der Waals surface area contributed by atoms with Gasteiger partial charge in [0, 0.05) is 5.69 Å². The van der Waals surface area contributed by atoms with E-state index >= 15 is 0 Å². The predicted octanol–water partition coefficient (Wildman–Crippen LogP) is 1.82. The van der Waals surface area contributed by atoms with Gasteiger partial charge in [0.1, 0.15) is 0 Å². The van der Waals surface area contributed by atoms with Gasteiger partial charge in [-0.2, -0.15) is 0 Å². The van der Waals surface area contributed by atoms with Gasteiger partial charge in [-0.1, -0.05) is 6.07 Å². The van der Waals surface area contributed by atoms with Gasteiger partial charge in [0.15, 0.2) is 0 Å². The van der Waals surface area contributed by atoms with Gasteiger partial charge in [-0.15, -0.1) is 0 Å². The van der Waals surface area contributed by atoms with Crippen molar-refractivity contribution in [1.29, 1.82) is 0 Å². The summed E-state index contributed by atoms with van der Waals surface area (Å²) in [5.41, 5.74) is 1.87. The molecule has 0 aromatic carbocycles. The van der Waals surface area contributed by atoms with Crippen LogP contribution in [0.5, 0.6) is 0 Å². The van der Waals surface area contributed by atoms with Crippen LogP contribution in [0.15, 0.2) is 24.4 Å². The standard InChI is InChI=1S/C11H12N2O2/c1-3-15-11(14)10-12-7-9-6-4-5-8(2)13(9)10/h4-7H,3H2,1-2H3.